The molecule has 1 amide bonds. The van der Waals surface area contributed by atoms with Crippen LogP contribution in [0.1, 0.15) is 44.2 Å². The third-order valence-corrected chi connectivity index (χ3v) is 4.90. The van der Waals surface area contributed by atoms with Gasteiger partial charge in [-0.3, -0.25) is 4.98 Å². The molecule has 0 aliphatic carbocycles. The number of carbonyl (C=O) groups excluding carboxylic acids is 1. The molecule has 1 aliphatic rings. The van der Waals surface area contributed by atoms with Crippen LogP contribution in [0.4, 0.5) is 4.79 Å². The first-order valence-electron chi connectivity index (χ1n) is 9.17. The molecule has 4 heterocycles. The summed E-state index contributed by atoms with van der Waals surface area (Å²) in [5.74, 6) is 1.51. The van der Waals surface area contributed by atoms with Crippen molar-refractivity contribution < 1.29 is 18.5 Å². The third-order valence-electron chi connectivity index (χ3n) is 4.90. The van der Waals surface area contributed by atoms with Crippen LogP contribution in [0.2, 0.25) is 0 Å². The first kappa shape index (κ1) is 17.5. The van der Waals surface area contributed by atoms with E-state index in [0.29, 0.717) is 18.9 Å². The first-order valence-corrected chi connectivity index (χ1v) is 9.17. The van der Waals surface area contributed by atoms with E-state index < -0.39 is 0 Å². The summed E-state index contributed by atoms with van der Waals surface area (Å²) in [6, 6.07) is 3.83. The molecule has 8 nitrogen and oxygen atoms in total. The molecule has 1 atom stereocenters. The van der Waals surface area contributed by atoms with Gasteiger partial charge in [-0.25, -0.2) is 4.79 Å². The van der Waals surface area contributed by atoms with Crippen LogP contribution in [0, 0.1) is 5.92 Å². The van der Waals surface area contributed by atoms with E-state index in [9.17, 15) is 4.79 Å². The Morgan fingerprint density at radius 3 is 2.81 bits per heavy atom. The van der Waals surface area contributed by atoms with Crippen molar-refractivity contribution in [2.75, 3.05) is 13.1 Å². The van der Waals surface area contributed by atoms with Crippen molar-refractivity contribution in [2.45, 2.75) is 38.7 Å². The molecule has 0 spiro atoms. The predicted molar refractivity (Wildman–Crippen MR) is 96.1 cm³/mol. The van der Waals surface area contributed by atoms with E-state index >= 15 is 0 Å². The molecule has 8 heteroatoms. The number of aromatic nitrogens is 3. The highest BCUT2D eigenvalue weighted by Gasteiger charge is 2.35. The lowest BCUT2D eigenvalue weighted by Crippen LogP contribution is -2.41. The summed E-state index contributed by atoms with van der Waals surface area (Å²) in [4.78, 5) is 22.3. The van der Waals surface area contributed by atoms with Gasteiger partial charge in [-0.1, -0.05) is 5.16 Å². The van der Waals surface area contributed by atoms with Crippen LogP contribution >= 0.6 is 0 Å². The minimum atomic E-state index is -0.255. The van der Waals surface area contributed by atoms with Crippen LogP contribution in [-0.2, 0) is 4.74 Å². The number of carbonyl (C=O) groups is 1. The lowest BCUT2D eigenvalue weighted by Gasteiger charge is -2.34. The van der Waals surface area contributed by atoms with Crippen LogP contribution < -0.4 is 0 Å². The van der Waals surface area contributed by atoms with Crippen molar-refractivity contribution >= 4 is 17.1 Å². The molecule has 1 aliphatic heterocycles. The predicted octanol–water partition coefficient (Wildman–Crippen LogP) is 3.60. The number of piperidine rings is 1. The summed E-state index contributed by atoms with van der Waals surface area (Å²) in [7, 11) is 0. The normalized spacial score (nSPS) is 16.8. The second-order valence-electron chi connectivity index (χ2n) is 7.09. The molecule has 4 rings (SSSR count). The summed E-state index contributed by atoms with van der Waals surface area (Å²) in [5, 5.41) is 5.01. The number of nitrogens with zero attached hydrogens (tertiary/aromatic N) is 4. The molecule has 1 saturated heterocycles. The van der Waals surface area contributed by atoms with E-state index in [1.54, 1.807) is 17.3 Å². The standard InChI is InChI=1S/C19H22N4O4/c1-12(2)26-19(24)23-7-4-13(5-8-23)17(18-21-11-25-22-18)16-9-14-10-20-6-3-15(14)27-16/h3,6,9-13,17H,4-5,7-8H2,1-2H3. The number of ether oxygens (including phenoxy) is 1. The van der Waals surface area contributed by atoms with E-state index in [1.165, 1.54) is 6.39 Å². The van der Waals surface area contributed by atoms with Gasteiger partial charge in [-0.05, 0) is 44.7 Å². The molecule has 1 fully saturated rings. The number of fused-ring (bicyclic) bond motifs is 1. The van der Waals surface area contributed by atoms with Gasteiger partial charge < -0.3 is 18.6 Å². The van der Waals surface area contributed by atoms with Crippen molar-refractivity contribution in [3.05, 3.63) is 42.5 Å². The average Bonchev–Trinajstić information content (AvgIpc) is 3.31. The molecule has 27 heavy (non-hydrogen) atoms. The summed E-state index contributed by atoms with van der Waals surface area (Å²) in [6.07, 6.45) is 6.06. The fraction of sp³-hybridized carbons (Fsp3) is 0.474. The molecular formula is C19H22N4O4. The van der Waals surface area contributed by atoms with Crippen molar-refractivity contribution in [3.63, 3.8) is 0 Å². The Labute approximate surface area is 156 Å². The smallest absolute Gasteiger partial charge is 0.410 e. The number of rotatable bonds is 4. The minimum absolute atomic E-state index is 0.119. The molecule has 0 radical (unpaired) electrons. The van der Waals surface area contributed by atoms with Crippen LogP contribution in [0.15, 0.2) is 39.9 Å². The number of pyridine rings is 1. The van der Waals surface area contributed by atoms with Crippen LogP contribution in [0.5, 0.6) is 0 Å². The SMILES string of the molecule is CC(C)OC(=O)N1CCC(C(c2ncon2)c2cc3cnccc3o2)CC1. The van der Waals surface area contributed by atoms with Crippen molar-refractivity contribution in [1.82, 2.24) is 20.0 Å². The van der Waals surface area contributed by atoms with Gasteiger partial charge in [0, 0.05) is 30.9 Å². The molecular weight excluding hydrogens is 348 g/mol. The lowest BCUT2D eigenvalue weighted by molar-refractivity contribution is 0.0635. The monoisotopic (exact) mass is 370 g/mol. The Hall–Kier alpha value is -2.90. The van der Waals surface area contributed by atoms with E-state index in [0.717, 1.165) is 29.6 Å². The number of furan rings is 1. The Morgan fingerprint density at radius 2 is 2.15 bits per heavy atom. The minimum Gasteiger partial charge on any atom is -0.460 e. The third kappa shape index (κ3) is 3.65. The summed E-state index contributed by atoms with van der Waals surface area (Å²) < 4.78 is 16.4. The van der Waals surface area contributed by atoms with Crippen molar-refractivity contribution in [3.8, 4) is 0 Å². The quantitative estimate of drug-likeness (QED) is 0.692. The van der Waals surface area contributed by atoms with Gasteiger partial charge in [0.05, 0.1) is 12.0 Å². The average molecular weight is 370 g/mol. The van der Waals surface area contributed by atoms with E-state index in [4.69, 9.17) is 13.7 Å². The molecule has 142 valence electrons. The molecule has 0 aromatic carbocycles. The van der Waals surface area contributed by atoms with Gasteiger partial charge in [0.2, 0.25) is 6.39 Å². The van der Waals surface area contributed by atoms with E-state index in [2.05, 4.69) is 15.1 Å². The first-order chi connectivity index (χ1) is 13.1. The van der Waals surface area contributed by atoms with Gasteiger partial charge >= 0.3 is 6.09 Å². The topological polar surface area (TPSA) is 94.5 Å². The van der Waals surface area contributed by atoms with E-state index in [1.807, 2.05) is 26.0 Å². The maximum atomic E-state index is 12.1. The van der Waals surface area contributed by atoms with Gasteiger partial charge in [0.1, 0.15) is 11.3 Å². The second kappa shape index (κ2) is 7.38. The lowest BCUT2D eigenvalue weighted by atomic mass is 9.82. The zero-order valence-corrected chi connectivity index (χ0v) is 15.4. The van der Waals surface area contributed by atoms with Crippen molar-refractivity contribution in [2.24, 2.45) is 5.92 Å². The maximum absolute atomic E-state index is 12.1. The fourth-order valence-electron chi connectivity index (χ4n) is 3.64. The summed E-state index contributed by atoms with van der Waals surface area (Å²) >= 11 is 0. The molecule has 3 aromatic rings. The van der Waals surface area contributed by atoms with Crippen molar-refractivity contribution in [1.29, 1.82) is 0 Å². The van der Waals surface area contributed by atoms with Gasteiger partial charge in [0.15, 0.2) is 5.82 Å². The second-order valence-corrected chi connectivity index (χ2v) is 7.09. The Bertz CT molecular complexity index is 864. The van der Waals surface area contributed by atoms with Gasteiger partial charge in [-0.2, -0.15) is 4.98 Å². The number of likely N-dealkylation sites (tertiary alicyclic amines) is 1. The number of hydrogen-bond donors (Lipinski definition) is 0. The highest BCUT2D eigenvalue weighted by molar-refractivity contribution is 5.76. The molecule has 3 aromatic heterocycles. The molecule has 0 saturated carbocycles. The van der Waals surface area contributed by atoms with Gasteiger partial charge in [-0.15, -0.1) is 0 Å². The Kier molecular flexibility index (Phi) is 4.79. The Balaban J connectivity index is 1.55. The molecule has 1 unspecified atom stereocenters. The maximum Gasteiger partial charge on any atom is 0.410 e. The zero-order valence-electron chi connectivity index (χ0n) is 15.4. The summed E-state index contributed by atoms with van der Waals surface area (Å²) in [5.41, 5.74) is 0.784. The highest BCUT2D eigenvalue weighted by Crippen LogP contribution is 2.38. The highest BCUT2D eigenvalue weighted by atomic mass is 16.6. The van der Waals surface area contributed by atoms with Crippen LogP contribution in [-0.4, -0.2) is 45.3 Å². The molecule has 0 N–H and O–H groups in total. The Morgan fingerprint density at radius 1 is 1.33 bits per heavy atom. The zero-order chi connectivity index (χ0) is 18.8. The number of hydrogen-bond acceptors (Lipinski definition) is 7. The molecule has 0 bridgehead atoms. The van der Waals surface area contributed by atoms with E-state index in [-0.39, 0.29) is 24.0 Å². The van der Waals surface area contributed by atoms with Crippen LogP contribution in [0.3, 0.4) is 0 Å². The van der Waals surface area contributed by atoms with Gasteiger partial charge in [0.25, 0.3) is 0 Å². The largest absolute Gasteiger partial charge is 0.460 e. The number of amides is 1. The summed E-state index contributed by atoms with van der Waals surface area (Å²) in [6.45, 7) is 4.97. The fourth-order valence-corrected chi connectivity index (χ4v) is 3.64. The van der Waals surface area contributed by atoms with Crippen LogP contribution in [0.25, 0.3) is 11.0 Å².